The van der Waals surface area contributed by atoms with Crippen molar-refractivity contribution in [1.82, 2.24) is 5.32 Å². The number of para-hydroxylation sites is 1. The van der Waals surface area contributed by atoms with Gasteiger partial charge in [-0.3, -0.25) is 0 Å². The van der Waals surface area contributed by atoms with Gasteiger partial charge in [-0.25, -0.2) is 0 Å². The third-order valence-corrected chi connectivity index (χ3v) is 3.88. The second-order valence-electron chi connectivity index (χ2n) is 5.17. The molecule has 0 bridgehead atoms. The lowest BCUT2D eigenvalue weighted by Crippen LogP contribution is -2.25. The first kappa shape index (κ1) is 16.0. The maximum Gasteiger partial charge on any atom is 0.123 e. The number of hydrogen-bond acceptors (Lipinski definition) is 2. The minimum absolute atomic E-state index is 0.404. The van der Waals surface area contributed by atoms with Gasteiger partial charge in [-0.15, -0.1) is 0 Å². The van der Waals surface area contributed by atoms with Crippen LogP contribution in [-0.2, 0) is 0 Å². The lowest BCUT2D eigenvalue weighted by atomic mass is 9.90. The van der Waals surface area contributed by atoms with Gasteiger partial charge in [0, 0.05) is 11.6 Å². The van der Waals surface area contributed by atoms with Gasteiger partial charge in [-0.2, -0.15) is 0 Å². The second kappa shape index (κ2) is 8.98. The number of nitrogens with one attached hydrogen (secondary N) is 1. The number of ether oxygens (including phenoxy) is 1. The van der Waals surface area contributed by atoms with Gasteiger partial charge >= 0.3 is 0 Å². The van der Waals surface area contributed by atoms with Gasteiger partial charge in [-0.1, -0.05) is 51.8 Å². The van der Waals surface area contributed by atoms with Gasteiger partial charge in [0.2, 0.25) is 0 Å². The Morgan fingerprint density at radius 3 is 2.37 bits per heavy atom. The first-order chi connectivity index (χ1) is 9.26. The molecule has 1 N–H and O–H groups in total. The molecule has 0 aromatic heterocycles. The molecule has 1 unspecified atom stereocenters. The molecule has 0 aliphatic carbocycles. The molecule has 1 atom stereocenters. The number of hydrogen-bond donors (Lipinski definition) is 1. The molecule has 0 spiro atoms. The predicted molar refractivity (Wildman–Crippen MR) is 82.7 cm³/mol. The molecule has 0 saturated carbocycles. The Morgan fingerprint density at radius 2 is 1.79 bits per heavy atom. The van der Waals surface area contributed by atoms with E-state index in [2.05, 4.69) is 44.3 Å². The van der Waals surface area contributed by atoms with Crippen molar-refractivity contribution in [1.29, 1.82) is 0 Å². The maximum absolute atomic E-state index is 5.52. The van der Waals surface area contributed by atoms with Crippen molar-refractivity contribution in [2.75, 3.05) is 13.7 Å². The molecule has 1 aromatic carbocycles. The van der Waals surface area contributed by atoms with Crippen LogP contribution in [0.25, 0.3) is 0 Å². The average molecular weight is 263 g/mol. The third kappa shape index (κ3) is 4.87. The quantitative estimate of drug-likeness (QED) is 0.705. The fourth-order valence-electron chi connectivity index (χ4n) is 2.55. The van der Waals surface area contributed by atoms with Crippen LogP contribution in [0.15, 0.2) is 24.3 Å². The Bertz CT molecular complexity index is 347. The molecule has 0 saturated heterocycles. The summed E-state index contributed by atoms with van der Waals surface area (Å²) in [5.41, 5.74) is 1.30. The van der Waals surface area contributed by atoms with Gasteiger partial charge < -0.3 is 10.1 Å². The topological polar surface area (TPSA) is 21.3 Å². The molecule has 0 aliphatic rings. The van der Waals surface area contributed by atoms with Crippen LogP contribution in [0.3, 0.4) is 0 Å². The van der Waals surface area contributed by atoms with Crippen LogP contribution >= 0.6 is 0 Å². The minimum Gasteiger partial charge on any atom is -0.496 e. The van der Waals surface area contributed by atoms with Gasteiger partial charge in [-0.05, 0) is 31.4 Å². The lowest BCUT2D eigenvalue weighted by molar-refractivity contribution is 0.353. The van der Waals surface area contributed by atoms with Crippen molar-refractivity contribution < 1.29 is 4.74 Å². The van der Waals surface area contributed by atoms with E-state index in [1.165, 1.54) is 24.8 Å². The maximum atomic E-state index is 5.52. The fourth-order valence-corrected chi connectivity index (χ4v) is 2.55. The predicted octanol–water partition coefficient (Wildman–Crippen LogP) is 4.56. The van der Waals surface area contributed by atoms with Gasteiger partial charge in [0.15, 0.2) is 0 Å². The molecule has 0 heterocycles. The Balaban J connectivity index is 2.88. The van der Waals surface area contributed by atoms with Crippen LogP contribution in [0.4, 0.5) is 0 Å². The summed E-state index contributed by atoms with van der Waals surface area (Å²) in [5, 5.41) is 3.68. The monoisotopic (exact) mass is 263 g/mol. The lowest BCUT2D eigenvalue weighted by Gasteiger charge is -2.25. The smallest absolute Gasteiger partial charge is 0.123 e. The van der Waals surface area contributed by atoms with E-state index >= 15 is 0 Å². The van der Waals surface area contributed by atoms with Gasteiger partial charge in [0.05, 0.1) is 7.11 Å². The summed E-state index contributed by atoms with van der Waals surface area (Å²) in [6.07, 6.45) is 4.84. The minimum atomic E-state index is 0.404. The van der Waals surface area contributed by atoms with E-state index in [1.807, 2.05) is 6.07 Å². The molecule has 2 nitrogen and oxygen atoms in total. The SMILES string of the molecule is CCCNC(CC(CC)CC)c1ccccc1OC. The molecule has 19 heavy (non-hydrogen) atoms. The zero-order valence-electron chi connectivity index (χ0n) is 12.9. The van der Waals surface area contributed by atoms with Crippen LogP contribution < -0.4 is 10.1 Å². The van der Waals surface area contributed by atoms with Crippen LogP contribution in [0.2, 0.25) is 0 Å². The summed E-state index contributed by atoms with van der Waals surface area (Å²) in [4.78, 5) is 0. The molecule has 0 fully saturated rings. The summed E-state index contributed by atoms with van der Waals surface area (Å²) < 4.78 is 5.52. The summed E-state index contributed by atoms with van der Waals surface area (Å²) in [7, 11) is 1.76. The third-order valence-electron chi connectivity index (χ3n) is 3.88. The Morgan fingerprint density at radius 1 is 1.11 bits per heavy atom. The Labute approximate surface area is 118 Å². The molecule has 0 aliphatic heterocycles. The van der Waals surface area contributed by atoms with E-state index in [0.29, 0.717) is 6.04 Å². The zero-order chi connectivity index (χ0) is 14.1. The first-order valence-electron chi connectivity index (χ1n) is 7.62. The van der Waals surface area contributed by atoms with E-state index in [9.17, 15) is 0 Å². The number of rotatable bonds is 9. The van der Waals surface area contributed by atoms with Crippen LogP contribution in [0.1, 0.15) is 58.1 Å². The van der Waals surface area contributed by atoms with E-state index in [-0.39, 0.29) is 0 Å². The molecular weight excluding hydrogens is 234 g/mol. The van der Waals surface area contributed by atoms with Crippen LogP contribution in [0.5, 0.6) is 5.75 Å². The molecule has 1 aromatic rings. The van der Waals surface area contributed by atoms with E-state index < -0.39 is 0 Å². The first-order valence-corrected chi connectivity index (χ1v) is 7.62. The summed E-state index contributed by atoms with van der Waals surface area (Å²) in [5.74, 6) is 1.78. The highest BCUT2D eigenvalue weighted by atomic mass is 16.5. The molecule has 2 heteroatoms. The highest BCUT2D eigenvalue weighted by Crippen LogP contribution is 2.31. The Hall–Kier alpha value is -1.02. The van der Waals surface area contributed by atoms with Crippen LogP contribution in [0, 0.1) is 5.92 Å². The summed E-state index contributed by atoms with van der Waals surface area (Å²) in [6, 6.07) is 8.79. The van der Waals surface area contributed by atoms with Crippen molar-refractivity contribution in [3.8, 4) is 5.75 Å². The van der Waals surface area contributed by atoms with Crippen molar-refractivity contribution >= 4 is 0 Å². The molecular formula is C17H29NO. The van der Waals surface area contributed by atoms with Gasteiger partial charge in [0.1, 0.15) is 5.75 Å². The summed E-state index contributed by atoms with van der Waals surface area (Å²) >= 11 is 0. The molecule has 0 amide bonds. The van der Waals surface area contributed by atoms with E-state index in [4.69, 9.17) is 4.74 Å². The van der Waals surface area contributed by atoms with Crippen molar-refractivity contribution in [3.63, 3.8) is 0 Å². The molecule has 108 valence electrons. The normalized spacial score (nSPS) is 12.7. The van der Waals surface area contributed by atoms with Crippen molar-refractivity contribution in [2.45, 2.75) is 52.5 Å². The zero-order valence-corrected chi connectivity index (χ0v) is 12.9. The average Bonchev–Trinajstić information content (AvgIpc) is 2.47. The summed E-state index contributed by atoms with van der Waals surface area (Å²) in [6.45, 7) is 7.84. The molecule has 0 radical (unpaired) electrons. The molecule has 1 rings (SSSR count). The number of methoxy groups -OCH3 is 1. The van der Waals surface area contributed by atoms with Gasteiger partial charge in [0.25, 0.3) is 0 Å². The van der Waals surface area contributed by atoms with E-state index in [0.717, 1.165) is 24.6 Å². The largest absolute Gasteiger partial charge is 0.496 e. The number of benzene rings is 1. The van der Waals surface area contributed by atoms with Crippen molar-refractivity contribution in [3.05, 3.63) is 29.8 Å². The Kier molecular flexibility index (Phi) is 7.57. The van der Waals surface area contributed by atoms with Crippen molar-refractivity contribution in [2.24, 2.45) is 5.92 Å². The highest BCUT2D eigenvalue weighted by molar-refractivity contribution is 5.35. The van der Waals surface area contributed by atoms with E-state index in [1.54, 1.807) is 7.11 Å². The fraction of sp³-hybridized carbons (Fsp3) is 0.647. The standard InChI is InChI=1S/C17H29NO/c1-5-12-18-16(13-14(6-2)7-3)15-10-8-9-11-17(15)19-4/h8-11,14,16,18H,5-7,12-13H2,1-4H3. The van der Waals surface area contributed by atoms with Crippen LogP contribution in [-0.4, -0.2) is 13.7 Å². The highest BCUT2D eigenvalue weighted by Gasteiger charge is 2.18. The second-order valence-corrected chi connectivity index (χ2v) is 5.17.